The van der Waals surface area contributed by atoms with Crippen LogP contribution in [0.1, 0.15) is 5.56 Å². The Hall–Kier alpha value is -2.18. The van der Waals surface area contributed by atoms with E-state index < -0.39 is 10.8 Å². The molecule has 0 atom stereocenters. The minimum absolute atomic E-state index is 0.0156. The Morgan fingerprint density at radius 2 is 1.91 bits per heavy atom. The van der Waals surface area contributed by atoms with Gasteiger partial charge in [-0.15, -0.1) is 0 Å². The highest BCUT2D eigenvalue weighted by Gasteiger charge is 2.14. The highest BCUT2D eigenvalue weighted by atomic mass is 79.9. The first-order valence-corrected chi connectivity index (χ1v) is 7.32. The van der Waals surface area contributed by atoms with E-state index in [-0.39, 0.29) is 10.7 Å². The molecule has 0 saturated carbocycles. The molecule has 2 aromatic carbocycles. The Bertz CT molecular complexity index is 748. The third kappa shape index (κ3) is 4.16. The van der Waals surface area contributed by atoms with Gasteiger partial charge in [0.15, 0.2) is 0 Å². The smallest absolute Gasteiger partial charge is 0.289 e. The number of nitrogens with one attached hydrogen (secondary N) is 1. The van der Waals surface area contributed by atoms with Crippen LogP contribution >= 0.6 is 27.5 Å². The Balaban J connectivity index is 2.17. The molecular weight excluding hydrogens is 372 g/mol. The highest BCUT2D eigenvalue weighted by Crippen LogP contribution is 2.27. The van der Waals surface area contributed by atoms with Crippen molar-refractivity contribution in [2.24, 2.45) is 0 Å². The fraction of sp³-hybridized carbons (Fsp3) is 0. The van der Waals surface area contributed by atoms with Gasteiger partial charge in [0.05, 0.1) is 9.41 Å². The molecule has 5 nitrogen and oxygen atoms in total. The molecule has 1 N–H and O–H groups in total. The van der Waals surface area contributed by atoms with E-state index in [2.05, 4.69) is 21.2 Å². The molecule has 0 aliphatic rings. The molecule has 22 heavy (non-hydrogen) atoms. The van der Waals surface area contributed by atoms with Crippen molar-refractivity contribution in [2.45, 2.75) is 0 Å². The summed E-state index contributed by atoms with van der Waals surface area (Å²) < 4.78 is 0.302. The summed E-state index contributed by atoms with van der Waals surface area (Å²) in [5.41, 5.74) is 0.883. The highest BCUT2D eigenvalue weighted by molar-refractivity contribution is 9.12. The van der Waals surface area contributed by atoms with Crippen molar-refractivity contribution < 1.29 is 9.72 Å². The third-order valence-electron chi connectivity index (χ3n) is 2.71. The average molecular weight is 382 g/mol. The van der Waals surface area contributed by atoms with Crippen molar-refractivity contribution in [3.05, 3.63) is 73.7 Å². The molecule has 112 valence electrons. The maximum atomic E-state index is 12.1. The predicted molar refractivity (Wildman–Crippen MR) is 90.1 cm³/mol. The monoisotopic (exact) mass is 380 g/mol. The summed E-state index contributed by atoms with van der Waals surface area (Å²) in [6, 6.07) is 13.4. The van der Waals surface area contributed by atoms with Gasteiger partial charge in [0.25, 0.3) is 11.6 Å². The van der Waals surface area contributed by atoms with Gasteiger partial charge < -0.3 is 5.32 Å². The van der Waals surface area contributed by atoms with Gasteiger partial charge in [-0.1, -0.05) is 41.9 Å². The topological polar surface area (TPSA) is 72.2 Å². The summed E-state index contributed by atoms with van der Waals surface area (Å²) in [6.07, 6.45) is 1.65. The molecule has 0 aliphatic carbocycles. The molecule has 1 amide bonds. The summed E-state index contributed by atoms with van der Waals surface area (Å²) in [6.45, 7) is 0. The van der Waals surface area contributed by atoms with E-state index >= 15 is 0 Å². The van der Waals surface area contributed by atoms with Crippen molar-refractivity contribution in [1.29, 1.82) is 0 Å². The van der Waals surface area contributed by atoms with Crippen LogP contribution in [0.4, 0.5) is 11.4 Å². The van der Waals surface area contributed by atoms with E-state index in [4.69, 9.17) is 11.6 Å². The van der Waals surface area contributed by atoms with Crippen LogP contribution in [-0.4, -0.2) is 10.8 Å². The van der Waals surface area contributed by atoms with E-state index in [9.17, 15) is 14.9 Å². The molecule has 7 heteroatoms. The molecular formula is C15H10BrClN2O3. The molecule has 0 heterocycles. The quantitative estimate of drug-likeness (QED) is 0.477. The summed E-state index contributed by atoms with van der Waals surface area (Å²) in [7, 11) is 0. The molecule has 0 saturated heterocycles. The van der Waals surface area contributed by atoms with Crippen LogP contribution in [0.5, 0.6) is 0 Å². The number of halogens is 2. The van der Waals surface area contributed by atoms with E-state index in [1.165, 1.54) is 18.2 Å². The SMILES string of the molecule is O=C(Nc1ccc(Cl)c([N+](=O)[O-])c1)C(Br)=Cc1ccccc1. The zero-order valence-corrected chi connectivity index (χ0v) is 13.5. The van der Waals surface area contributed by atoms with E-state index in [0.29, 0.717) is 10.2 Å². The van der Waals surface area contributed by atoms with Gasteiger partial charge in [-0.25, -0.2) is 0 Å². The third-order valence-corrected chi connectivity index (χ3v) is 3.62. The van der Waals surface area contributed by atoms with Crippen LogP contribution in [-0.2, 0) is 4.79 Å². The lowest BCUT2D eigenvalue weighted by Crippen LogP contribution is -2.11. The second-order valence-corrected chi connectivity index (χ2v) is 5.54. The van der Waals surface area contributed by atoms with Gasteiger partial charge in [-0.3, -0.25) is 14.9 Å². The molecule has 0 bridgehead atoms. The van der Waals surface area contributed by atoms with Crippen LogP contribution in [0.3, 0.4) is 0 Å². The first-order valence-electron chi connectivity index (χ1n) is 6.15. The van der Waals surface area contributed by atoms with Gasteiger partial charge in [0, 0.05) is 11.8 Å². The molecule has 0 spiro atoms. The second kappa shape index (κ2) is 7.20. The molecule has 2 rings (SSSR count). The number of benzene rings is 2. The van der Waals surface area contributed by atoms with Crippen molar-refractivity contribution in [3.63, 3.8) is 0 Å². The predicted octanol–water partition coefficient (Wildman–Crippen LogP) is 4.62. The number of nitro benzene ring substituents is 1. The fourth-order valence-corrected chi connectivity index (χ4v) is 2.23. The molecule has 2 aromatic rings. The number of hydrogen-bond donors (Lipinski definition) is 1. The minimum atomic E-state index is -0.604. The number of anilines is 1. The maximum Gasteiger partial charge on any atom is 0.289 e. The summed E-state index contributed by atoms with van der Waals surface area (Å²) in [5, 5.41) is 13.4. The number of carbonyl (C=O) groups excluding carboxylic acids is 1. The minimum Gasteiger partial charge on any atom is -0.321 e. The van der Waals surface area contributed by atoms with Crippen LogP contribution < -0.4 is 5.32 Å². The zero-order chi connectivity index (χ0) is 16.1. The summed E-state index contributed by atoms with van der Waals surface area (Å²) in [4.78, 5) is 22.3. The number of rotatable bonds is 4. The van der Waals surface area contributed by atoms with E-state index in [1.54, 1.807) is 6.08 Å². The van der Waals surface area contributed by atoms with Gasteiger partial charge in [-0.05, 0) is 39.7 Å². The largest absolute Gasteiger partial charge is 0.321 e. The number of amides is 1. The summed E-state index contributed by atoms with van der Waals surface area (Å²) in [5.74, 6) is -0.416. The van der Waals surface area contributed by atoms with Gasteiger partial charge in [0.1, 0.15) is 5.02 Å². The van der Waals surface area contributed by atoms with Crippen molar-refractivity contribution in [2.75, 3.05) is 5.32 Å². The Morgan fingerprint density at radius 1 is 1.23 bits per heavy atom. The first-order chi connectivity index (χ1) is 10.5. The van der Waals surface area contributed by atoms with Crippen molar-refractivity contribution in [3.8, 4) is 0 Å². The van der Waals surface area contributed by atoms with Gasteiger partial charge in [-0.2, -0.15) is 0 Å². The Morgan fingerprint density at radius 3 is 2.55 bits per heavy atom. The van der Waals surface area contributed by atoms with Crippen molar-refractivity contribution in [1.82, 2.24) is 0 Å². The number of nitrogens with zero attached hydrogens (tertiary/aromatic N) is 1. The van der Waals surface area contributed by atoms with Crippen LogP contribution in [0.2, 0.25) is 5.02 Å². The lowest BCUT2D eigenvalue weighted by Gasteiger charge is -2.05. The molecule has 0 unspecified atom stereocenters. The van der Waals surface area contributed by atoms with Crippen LogP contribution in [0.15, 0.2) is 53.0 Å². The zero-order valence-electron chi connectivity index (χ0n) is 11.1. The van der Waals surface area contributed by atoms with E-state index in [0.717, 1.165) is 5.56 Å². The number of carbonyl (C=O) groups is 1. The van der Waals surface area contributed by atoms with Crippen LogP contribution in [0.25, 0.3) is 6.08 Å². The molecule has 0 fully saturated rings. The normalized spacial score (nSPS) is 11.1. The fourth-order valence-electron chi connectivity index (χ4n) is 1.68. The Labute approximate surface area is 139 Å². The number of hydrogen-bond acceptors (Lipinski definition) is 3. The first kappa shape index (κ1) is 16.2. The lowest BCUT2D eigenvalue weighted by atomic mass is 10.2. The molecule has 0 aromatic heterocycles. The van der Waals surface area contributed by atoms with Gasteiger partial charge >= 0.3 is 0 Å². The average Bonchev–Trinajstić information content (AvgIpc) is 2.49. The maximum absolute atomic E-state index is 12.1. The summed E-state index contributed by atoms with van der Waals surface area (Å²) >= 11 is 8.91. The second-order valence-electron chi connectivity index (χ2n) is 4.28. The van der Waals surface area contributed by atoms with Crippen molar-refractivity contribution >= 4 is 50.9 Å². The van der Waals surface area contributed by atoms with Gasteiger partial charge in [0.2, 0.25) is 0 Å². The molecule has 0 aliphatic heterocycles. The Kier molecular flexibility index (Phi) is 5.30. The van der Waals surface area contributed by atoms with Crippen LogP contribution in [0, 0.1) is 10.1 Å². The standard InChI is InChI=1S/C15H10BrClN2O3/c16-12(8-10-4-2-1-3-5-10)15(20)18-11-6-7-13(17)14(9-11)19(21)22/h1-9H,(H,18,20). The molecule has 0 radical (unpaired) electrons. The van der Waals surface area contributed by atoms with E-state index in [1.807, 2.05) is 30.3 Å². The lowest BCUT2D eigenvalue weighted by molar-refractivity contribution is -0.384. The number of nitro groups is 1.